The van der Waals surface area contributed by atoms with E-state index in [0.29, 0.717) is 28.0 Å². The van der Waals surface area contributed by atoms with Crippen LogP contribution in [-0.2, 0) is 6.54 Å². The average Bonchev–Trinajstić information content (AvgIpc) is 2.73. The summed E-state index contributed by atoms with van der Waals surface area (Å²) in [5.41, 5.74) is 1.44. The summed E-state index contributed by atoms with van der Waals surface area (Å²) in [5, 5.41) is 3.85. The number of carbonyl (C=O) groups is 1. The molecule has 0 spiro atoms. The molecular formula is C20H14ClN5O2S. The van der Waals surface area contributed by atoms with Crippen LogP contribution in [0.15, 0.2) is 65.7 Å². The van der Waals surface area contributed by atoms with Gasteiger partial charge in [-0.3, -0.25) is 9.59 Å². The molecule has 4 rings (SSSR count). The SMILES string of the molecule is O=C(NCc1ccc(Cl)cc1)c1ccc2c(=O)n(-c3ncccn3)c(=S)[nH]c2c1. The van der Waals surface area contributed by atoms with Crippen LogP contribution in [0.3, 0.4) is 0 Å². The molecule has 0 aliphatic heterocycles. The van der Waals surface area contributed by atoms with Gasteiger partial charge in [0.2, 0.25) is 5.95 Å². The highest BCUT2D eigenvalue weighted by Gasteiger charge is 2.12. The summed E-state index contributed by atoms with van der Waals surface area (Å²) in [6, 6.07) is 13.6. The zero-order chi connectivity index (χ0) is 20.4. The lowest BCUT2D eigenvalue weighted by Crippen LogP contribution is -2.24. The summed E-state index contributed by atoms with van der Waals surface area (Å²) < 4.78 is 1.37. The van der Waals surface area contributed by atoms with Gasteiger partial charge in [-0.1, -0.05) is 23.7 Å². The van der Waals surface area contributed by atoms with E-state index in [4.69, 9.17) is 23.8 Å². The molecule has 0 saturated heterocycles. The minimum atomic E-state index is -0.358. The molecule has 2 N–H and O–H groups in total. The number of halogens is 1. The van der Waals surface area contributed by atoms with Gasteiger partial charge in [0.15, 0.2) is 4.77 Å². The molecule has 2 aromatic carbocycles. The Morgan fingerprint density at radius 2 is 1.86 bits per heavy atom. The third kappa shape index (κ3) is 3.94. The van der Waals surface area contributed by atoms with Crippen molar-refractivity contribution >= 4 is 40.6 Å². The monoisotopic (exact) mass is 423 g/mol. The van der Waals surface area contributed by atoms with E-state index in [1.807, 2.05) is 12.1 Å². The van der Waals surface area contributed by atoms with Gasteiger partial charge in [0.05, 0.1) is 10.9 Å². The largest absolute Gasteiger partial charge is 0.348 e. The van der Waals surface area contributed by atoms with Gasteiger partial charge in [-0.15, -0.1) is 0 Å². The predicted octanol–water partition coefficient (Wildman–Crippen LogP) is 3.42. The Kier molecular flexibility index (Phi) is 5.20. The molecule has 0 bridgehead atoms. The van der Waals surface area contributed by atoms with Crippen molar-refractivity contribution in [3.8, 4) is 5.95 Å². The lowest BCUT2D eigenvalue weighted by molar-refractivity contribution is 0.0951. The lowest BCUT2D eigenvalue weighted by Gasteiger charge is -2.09. The molecule has 0 aliphatic rings. The number of nitrogens with one attached hydrogen (secondary N) is 2. The molecule has 0 aliphatic carbocycles. The van der Waals surface area contributed by atoms with Crippen LogP contribution in [0.25, 0.3) is 16.9 Å². The van der Waals surface area contributed by atoms with Gasteiger partial charge in [0.1, 0.15) is 0 Å². The van der Waals surface area contributed by atoms with Crippen molar-refractivity contribution in [1.82, 2.24) is 24.8 Å². The van der Waals surface area contributed by atoms with Crippen molar-refractivity contribution in [1.29, 1.82) is 0 Å². The minimum absolute atomic E-state index is 0.146. The van der Waals surface area contributed by atoms with E-state index < -0.39 is 0 Å². The third-order valence-electron chi connectivity index (χ3n) is 4.28. The van der Waals surface area contributed by atoms with Crippen LogP contribution in [0.4, 0.5) is 0 Å². The van der Waals surface area contributed by atoms with Crippen molar-refractivity contribution in [2.24, 2.45) is 0 Å². The second-order valence-corrected chi connectivity index (χ2v) is 7.01. The standard InChI is InChI=1S/C20H14ClN5O2S/c21-14-5-2-12(3-6-14)11-24-17(27)13-4-7-15-16(10-13)25-20(29)26(18(15)28)19-22-8-1-9-23-19/h1-10H,11H2,(H,24,27)(H,25,29). The summed E-state index contributed by atoms with van der Waals surface area (Å²) in [6.07, 6.45) is 3.06. The van der Waals surface area contributed by atoms with E-state index in [2.05, 4.69) is 20.3 Å². The maximum absolute atomic E-state index is 12.9. The van der Waals surface area contributed by atoms with Gasteiger partial charge in [0, 0.05) is 29.5 Å². The molecule has 0 atom stereocenters. The zero-order valence-electron chi connectivity index (χ0n) is 14.9. The Hall–Kier alpha value is -3.36. The maximum Gasteiger partial charge on any atom is 0.269 e. The van der Waals surface area contributed by atoms with E-state index >= 15 is 0 Å². The molecule has 7 nitrogen and oxygen atoms in total. The van der Waals surface area contributed by atoms with E-state index in [1.54, 1.807) is 36.4 Å². The first kappa shape index (κ1) is 19.0. The van der Waals surface area contributed by atoms with Gasteiger partial charge in [0.25, 0.3) is 11.5 Å². The van der Waals surface area contributed by atoms with Crippen LogP contribution in [0.5, 0.6) is 0 Å². The topological polar surface area (TPSA) is 92.7 Å². The first-order valence-corrected chi connectivity index (χ1v) is 9.41. The van der Waals surface area contributed by atoms with Crippen LogP contribution in [0.1, 0.15) is 15.9 Å². The van der Waals surface area contributed by atoms with Crippen LogP contribution in [0, 0.1) is 4.77 Å². The highest BCUT2D eigenvalue weighted by molar-refractivity contribution is 7.71. The molecule has 1 amide bonds. The summed E-state index contributed by atoms with van der Waals surface area (Å²) in [5.74, 6) is -0.0813. The van der Waals surface area contributed by atoms with E-state index in [-0.39, 0.29) is 22.2 Å². The number of hydrogen-bond acceptors (Lipinski definition) is 5. The van der Waals surface area contributed by atoms with Crippen LogP contribution in [0.2, 0.25) is 5.02 Å². The molecule has 29 heavy (non-hydrogen) atoms. The van der Waals surface area contributed by atoms with Crippen LogP contribution >= 0.6 is 23.8 Å². The fourth-order valence-corrected chi connectivity index (χ4v) is 3.23. The molecule has 2 heterocycles. The second-order valence-electron chi connectivity index (χ2n) is 6.19. The first-order valence-electron chi connectivity index (χ1n) is 8.62. The molecule has 9 heteroatoms. The smallest absolute Gasteiger partial charge is 0.269 e. The Morgan fingerprint density at radius 1 is 1.14 bits per heavy atom. The summed E-state index contributed by atoms with van der Waals surface area (Å²) in [7, 11) is 0. The van der Waals surface area contributed by atoms with Gasteiger partial charge in [-0.2, -0.15) is 0 Å². The number of amides is 1. The Balaban J connectivity index is 1.64. The number of carbonyl (C=O) groups excluding carboxylic acids is 1. The molecule has 0 unspecified atom stereocenters. The summed E-state index contributed by atoms with van der Waals surface area (Å²) in [4.78, 5) is 36.5. The van der Waals surface area contributed by atoms with Crippen molar-refractivity contribution < 1.29 is 4.79 Å². The normalized spacial score (nSPS) is 10.8. The van der Waals surface area contributed by atoms with Crippen molar-refractivity contribution in [2.45, 2.75) is 6.54 Å². The number of benzene rings is 2. The van der Waals surface area contributed by atoms with E-state index in [0.717, 1.165) is 5.56 Å². The average molecular weight is 424 g/mol. The number of H-pyrrole nitrogens is 1. The second kappa shape index (κ2) is 7.94. The molecule has 4 aromatic rings. The Bertz CT molecular complexity index is 1320. The van der Waals surface area contributed by atoms with Crippen molar-refractivity contribution in [2.75, 3.05) is 0 Å². The van der Waals surface area contributed by atoms with Crippen LogP contribution < -0.4 is 10.9 Å². The zero-order valence-corrected chi connectivity index (χ0v) is 16.5. The number of aromatic nitrogens is 4. The molecule has 0 radical (unpaired) electrons. The van der Waals surface area contributed by atoms with Gasteiger partial charge in [-0.25, -0.2) is 14.5 Å². The summed E-state index contributed by atoms with van der Waals surface area (Å²) in [6.45, 7) is 0.358. The third-order valence-corrected chi connectivity index (χ3v) is 4.82. The number of nitrogens with zero attached hydrogens (tertiary/aromatic N) is 3. The fraction of sp³-hybridized carbons (Fsp3) is 0.0500. The number of fused-ring (bicyclic) bond motifs is 1. The molecular weight excluding hydrogens is 410 g/mol. The van der Waals surface area contributed by atoms with Gasteiger partial charge >= 0.3 is 0 Å². The molecule has 0 fully saturated rings. The van der Waals surface area contributed by atoms with Gasteiger partial charge in [-0.05, 0) is 54.2 Å². The highest BCUT2D eigenvalue weighted by atomic mass is 35.5. The number of hydrogen-bond donors (Lipinski definition) is 2. The fourth-order valence-electron chi connectivity index (χ4n) is 2.83. The van der Waals surface area contributed by atoms with Gasteiger partial charge < -0.3 is 10.3 Å². The number of aromatic amines is 1. The van der Waals surface area contributed by atoms with E-state index in [1.165, 1.54) is 17.0 Å². The number of rotatable bonds is 4. The van der Waals surface area contributed by atoms with Crippen molar-refractivity contribution in [3.63, 3.8) is 0 Å². The first-order chi connectivity index (χ1) is 14.0. The molecule has 2 aromatic heterocycles. The predicted molar refractivity (Wildman–Crippen MR) is 113 cm³/mol. The lowest BCUT2D eigenvalue weighted by atomic mass is 10.1. The Morgan fingerprint density at radius 3 is 2.59 bits per heavy atom. The summed E-state index contributed by atoms with van der Waals surface area (Å²) >= 11 is 11.2. The molecule has 0 saturated carbocycles. The highest BCUT2D eigenvalue weighted by Crippen LogP contribution is 2.13. The Labute approximate surface area is 175 Å². The maximum atomic E-state index is 12.9. The van der Waals surface area contributed by atoms with E-state index in [9.17, 15) is 9.59 Å². The minimum Gasteiger partial charge on any atom is -0.348 e. The van der Waals surface area contributed by atoms with Crippen molar-refractivity contribution in [3.05, 3.63) is 92.2 Å². The quantitative estimate of drug-likeness (QED) is 0.490. The molecule has 144 valence electrons. The van der Waals surface area contributed by atoms with Crippen LogP contribution in [-0.4, -0.2) is 25.4 Å².